The van der Waals surface area contributed by atoms with Crippen molar-refractivity contribution in [3.63, 3.8) is 0 Å². The standard InChI is InChI=1S/C13H19ClN2O4S/c1-2-3-4-5-6-9-15-21(19,20)13-10-11(16(17)18)7-8-12(13)14/h7-8,10,15H,2-6,9H2,1H3. The molecule has 6 nitrogen and oxygen atoms in total. The number of nitrogens with one attached hydrogen (secondary N) is 1. The Labute approximate surface area is 129 Å². The number of hydrogen-bond acceptors (Lipinski definition) is 4. The molecule has 1 rings (SSSR count). The first-order chi connectivity index (χ1) is 9.88. The highest BCUT2D eigenvalue weighted by Crippen LogP contribution is 2.25. The monoisotopic (exact) mass is 334 g/mol. The van der Waals surface area contributed by atoms with Crippen LogP contribution >= 0.6 is 11.6 Å². The molecule has 0 amide bonds. The van der Waals surface area contributed by atoms with Crippen molar-refractivity contribution in [2.75, 3.05) is 6.54 Å². The maximum atomic E-state index is 12.1. The van der Waals surface area contributed by atoms with Crippen LogP contribution < -0.4 is 4.72 Å². The molecule has 0 aliphatic carbocycles. The molecule has 0 atom stereocenters. The van der Waals surface area contributed by atoms with Gasteiger partial charge in [0.25, 0.3) is 5.69 Å². The summed E-state index contributed by atoms with van der Waals surface area (Å²) in [6.07, 6.45) is 4.99. The molecule has 0 heterocycles. The van der Waals surface area contributed by atoms with Crippen LogP contribution in [0.1, 0.15) is 39.0 Å². The number of nitro benzene ring substituents is 1. The van der Waals surface area contributed by atoms with Gasteiger partial charge in [-0.05, 0) is 12.5 Å². The lowest BCUT2D eigenvalue weighted by Gasteiger charge is -2.08. The summed E-state index contributed by atoms with van der Waals surface area (Å²) in [5, 5.41) is 10.7. The van der Waals surface area contributed by atoms with Crippen molar-refractivity contribution in [3.8, 4) is 0 Å². The third-order valence-corrected chi connectivity index (χ3v) is 4.93. The van der Waals surface area contributed by atoms with Gasteiger partial charge in [-0.1, -0.05) is 44.2 Å². The lowest BCUT2D eigenvalue weighted by molar-refractivity contribution is -0.385. The maximum absolute atomic E-state index is 12.1. The third kappa shape index (κ3) is 5.61. The van der Waals surface area contributed by atoms with E-state index in [-0.39, 0.29) is 15.6 Å². The zero-order valence-electron chi connectivity index (χ0n) is 11.8. The minimum Gasteiger partial charge on any atom is -0.258 e. The average molecular weight is 335 g/mol. The van der Waals surface area contributed by atoms with Gasteiger partial charge < -0.3 is 0 Å². The first kappa shape index (κ1) is 17.9. The molecule has 21 heavy (non-hydrogen) atoms. The zero-order valence-corrected chi connectivity index (χ0v) is 13.4. The van der Waals surface area contributed by atoms with Crippen LogP contribution in [-0.2, 0) is 10.0 Å². The van der Waals surface area contributed by atoms with Gasteiger partial charge in [-0.15, -0.1) is 0 Å². The van der Waals surface area contributed by atoms with E-state index in [1.54, 1.807) is 0 Å². The first-order valence-corrected chi connectivity index (χ1v) is 8.68. The minimum absolute atomic E-state index is 0.0286. The second kappa shape index (κ2) is 8.31. The number of sulfonamides is 1. The Kier molecular flexibility index (Phi) is 7.07. The fraction of sp³-hybridized carbons (Fsp3) is 0.538. The zero-order chi connectivity index (χ0) is 15.9. The molecule has 118 valence electrons. The van der Waals surface area contributed by atoms with Crippen LogP contribution in [-0.4, -0.2) is 19.9 Å². The predicted octanol–water partition coefficient (Wildman–Crippen LogP) is 3.50. The summed E-state index contributed by atoms with van der Waals surface area (Å²) in [6.45, 7) is 2.40. The molecule has 1 aromatic rings. The van der Waals surface area contributed by atoms with Crippen molar-refractivity contribution in [1.29, 1.82) is 0 Å². The molecular formula is C13H19ClN2O4S. The van der Waals surface area contributed by atoms with Crippen molar-refractivity contribution in [2.45, 2.75) is 43.9 Å². The molecule has 0 saturated carbocycles. The van der Waals surface area contributed by atoms with E-state index in [1.165, 1.54) is 12.1 Å². The van der Waals surface area contributed by atoms with Crippen LogP contribution in [0.25, 0.3) is 0 Å². The second-order valence-corrected chi connectivity index (χ2v) is 6.83. The van der Waals surface area contributed by atoms with E-state index in [0.717, 1.165) is 38.2 Å². The molecule has 0 aromatic heterocycles. The molecule has 1 N–H and O–H groups in total. The van der Waals surface area contributed by atoms with Crippen molar-refractivity contribution in [3.05, 3.63) is 33.3 Å². The minimum atomic E-state index is -3.83. The third-order valence-electron chi connectivity index (χ3n) is 2.99. The van der Waals surface area contributed by atoms with E-state index < -0.39 is 14.9 Å². The van der Waals surface area contributed by atoms with Crippen molar-refractivity contribution < 1.29 is 13.3 Å². The highest BCUT2D eigenvalue weighted by atomic mass is 35.5. The van der Waals surface area contributed by atoms with Gasteiger partial charge in [0, 0.05) is 18.7 Å². The summed E-state index contributed by atoms with van der Waals surface area (Å²) in [7, 11) is -3.83. The number of rotatable bonds is 9. The van der Waals surface area contributed by atoms with E-state index in [1.807, 2.05) is 0 Å². The van der Waals surface area contributed by atoms with Crippen LogP contribution in [0.5, 0.6) is 0 Å². The fourth-order valence-corrected chi connectivity index (χ4v) is 3.42. The number of halogens is 1. The van der Waals surface area contributed by atoms with E-state index in [4.69, 9.17) is 11.6 Å². The Hall–Kier alpha value is -1.18. The Bertz CT molecular complexity index is 590. The van der Waals surface area contributed by atoms with E-state index >= 15 is 0 Å². The van der Waals surface area contributed by atoms with E-state index in [9.17, 15) is 18.5 Å². The van der Waals surface area contributed by atoms with Gasteiger partial charge in [-0.2, -0.15) is 0 Å². The Morgan fingerprint density at radius 3 is 2.52 bits per heavy atom. The Morgan fingerprint density at radius 2 is 1.90 bits per heavy atom. The van der Waals surface area contributed by atoms with Gasteiger partial charge >= 0.3 is 0 Å². The van der Waals surface area contributed by atoms with Crippen LogP contribution in [0.2, 0.25) is 5.02 Å². The van der Waals surface area contributed by atoms with Crippen molar-refractivity contribution in [2.24, 2.45) is 0 Å². The summed E-state index contributed by atoms with van der Waals surface area (Å²) in [4.78, 5) is 9.79. The van der Waals surface area contributed by atoms with Crippen molar-refractivity contribution in [1.82, 2.24) is 4.72 Å². The molecule has 0 bridgehead atoms. The predicted molar refractivity (Wildman–Crippen MR) is 82.1 cm³/mol. The normalized spacial score (nSPS) is 11.5. The summed E-state index contributed by atoms with van der Waals surface area (Å²) in [5.41, 5.74) is -0.303. The largest absolute Gasteiger partial charge is 0.270 e. The topological polar surface area (TPSA) is 89.3 Å². The van der Waals surface area contributed by atoms with Crippen LogP contribution in [0, 0.1) is 10.1 Å². The number of non-ortho nitro benzene ring substituents is 1. The van der Waals surface area contributed by atoms with Gasteiger partial charge in [-0.3, -0.25) is 10.1 Å². The summed E-state index contributed by atoms with van der Waals surface area (Å²) in [6, 6.07) is 3.36. The van der Waals surface area contributed by atoms with Gasteiger partial charge in [-0.25, -0.2) is 13.1 Å². The van der Waals surface area contributed by atoms with Gasteiger partial charge in [0.1, 0.15) is 4.90 Å². The van der Waals surface area contributed by atoms with Gasteiger partial charge in [0.2, 0.25) is 10.0 Å². The smallest absolute Gasteiger partial charge is 0.258 e. The number of hydrogen-bond donors (Lipinski definition) is 1. The second-order valence-electron chi connectivity index (χ2n) is 4.68. The van der Waals surface area contributed by atoms with Crippen LogP contribution in [0.3, 0.4) is 0 Å². The SMILES string of the molecule is CCCCCCCNS(=O)(=O)c1cc([N+](=O)[O-])ccc1Cl. The molecule has 0 radical (unpaired) electrons. The maximum Gasteiger partial charge on any atom is 0.270 e. The van der Waals surface area contributed by atoms with E-state index in [2.05, 4.69) is 11.6 Å². The molecular weight excluding hydrogens is 316 g/mol. The van der Waals surface area contributed by atoms with Crippen LogP contribution in [0.15, 0.2) is 23.1 Å². The summed E-state index contributed by atoms with van der Waals surface area (Å²) in [5.74, 6) is 0. The first-order valence-electron chi connectivity index (χ1n) is 6.82. The molecule has 0 saturated heterocycles. The lowest BCUT2D eigenvalue weighted by atomic mass is 10.2. The Morgan fingerprint density at radius 1 is 1.24 bits per heavy atom. The Balaban J connectivity index is 2.70. The lowest BCUT2D eigenvalue weighted by Crippen LogP contribution is -2.25. The molecule has 0 unspecified atom stereocenters. The molecule has 0 fully saturated rings. The van der Waals surface area contributed by atoms with Gasteiger partial charge in [0.05, 0.1) is 9.95 Å². The molecule has 1 aromatic carbocycles. The van der Waals surface area contributed by atoms with Crippen LogP contribution in [0.4, 0.5) is 5.69 Å². The number of nitrogens with zero attached hydrogens (tertiary/aromatic N) is 1. The summed E-state index contributed by atoms with van der Waals surface area (Å²) < 4.78 is 26.6. The molecule has 0 spiro atoms. The highest BCUT2D eigenvalue weighted by Gasteiger charge is 2.20. The molecule has 8 heteroatoms. The highest BCUT2D eigenvalue weighted by molar-refractivity contribution is 7.89. The van der Waals surface area contributed by atoms with Gasteiger partial charge in [0.15, 0.2) is 0 Å². The summed E-state index contributed by atoms with van der Waals surface area (Å²) >= 11 is 5.82. The average Bonchev–Trinajstić information content (AvgIpc) is 2.42. The molecule has 0 aliphatic heterocycles. The fourth-order valence-electron chi connectivity index (χ4n) is 1.82. The van der Waals surface area contributed by atoms with E-state index in [0.29, 0.717) is 6.54 Å². The number of unbranched alkanes of at least 4 members (excludes halogenated alkanes) is 4. The number of nitro groups is 1. The molecule has 0 aliphatic rings. The quantitative estimate of drug-likeness (QED) is 0.425. The van der Waals surface area contributed by atoms with Crippen molar-refractivity contribution >= 4 is 27.3 Å². The number of benzene rings is 1.